The van der Waals surface area contributed by atoms with Crippen LogP contribution in [-0.2, 0) is 16.4 Å². The lowest BCUT2D eigenvalue weighted by Crippen LogP contribution is -2.35. The first kappa shape index (κ1) is 20.2. The molecule has 0 bridgehead atoms. The number of nitrogens with one attached hydrogen (secondary N) is 1. The number of amides is 1. The first-order chi connectivity index (χ1) is 14.3. The maximum Gasteiger partial charge on any atom is 0.264 e. The van der Waals surface area contributed by atoms with Gasteiger partial charge in [0.1, 0.15) is 0 Å². The summed E-state index contributed by atoms with van der Waals surface area (Å²) < 4.78 is 27.8. The second-order valence-electron chi connectivity index (χ2n) is 7.66. The number of carbonyl (C=O) groups excluding carboxylic acids is 1. The van der Waals surface area contributed by atoms with Gasteiger partial charge in [0, 0.05) is 17.8 Å². The van der Waals surface area contributed by atoms with Crippen LogP contribution in [0.4, 0.5) is 11.4 Å². The Kier molecular flexibility index (Phi) is 5.35. The van der Waals surface area contributed by atoms with E-state index in [0.29, 0.717) is 24.2 Å². The van der Waals surface area contributed by atoms with Gasteiger partial charge in [-0.1, -0.05) is 35.4 Å². The summed E-state index contributed by atoms with van der Waals surface area (Å²) in [5.74, 6) is -0.208. The van der Waals surface area contributed by atoms with Crippen molar-refractivity contribution in [3.63, 3.8) is 0 Å². The molecule has 6 heteroatoms. The summed E-state index contributed by atoms with van der Waals surface area (Å²) in [5.41, 5.74) is 4.90. The molecule has 1 aliphatic heterocycles. The van der Waals surface area contributed by atoms with Gasteiger partial charge < -0.3 is 5.32 Å². The van der Waals surface area contributed by atoms with Crippen molar-refractivity contribution in [3.05, 3.63) is 89.0 Å². The number of carbonyl (C=O) groups is 1. The van der Waals surface area contributed by atoms with Gasteiger partial charge in [-0.15, -0.1) is 0 Å². The Morgan fingerprint density at radius 2 is 1.53 bits per heavy atom. The standard InChI is InChI=1S/C24H24N2O3S/c1-17-5-10-21(11-6-17)25-24(27)20-9-14-23-19(16-20)4-3-15-26(23)30(28,29)22-12-7-18(2)8-13-22/h5-14,16H,3-4,15H2,1-2H3,(H,25,27). The molecule has 1 N–H and O–H groups in total. The molecule has 1 heterocycles. The highest BCUT2D eigenvalue weighted by Gasteiger charge is 2.29. The van der Waals surface area contributed by atoms with E-state index >= 15 is 0 Å². The zero-order chi connectivity index (χ0) is 21.3. The molecule has 0 spiro atoms. The minimum Gasteiger partial charge on any atom is -0.322 e. The number of benzene rings is 3. The summed E-state index contributed by atoms with van der Waals surface area (Å²) in [5, 5.41) is 2.89. The second kappa shape index (κ2) is 7.95. The maximum atomic E-state index is 13.2. The zero-order valence-corrected chi connectivity index (χ0v) is 17.9. The Morgan fingerprint density at radius 3 is 2.20 bits per heavy atom. The summed E-state index contributed by atoms with van der Waals surface area (Å²) in [4.78, 5) is 13.0. The maximum absolute atomic E-state index is 13.2. The van der Waals surface area contributed by atoms with Crippen molar-refractivity contribution in [1.29, 1.82) is 0 Å². The number of anilines is 2. The molecule has 3 aromatic rings. The number of aryl methyl sites for hydroxylation is 3. The lowest BCUT2D eigenvalue weighted by Gasteiger charge is -2.30. The average Bonchev–Trinajstić information content (AvgIpc) is 2.74. The van der Waals surface area contributed by atoms with Crippen molar-refractivity contribution < 1.29 is 13.2 Å². The van der Waals surface area contributed by atoms with Crippen LogP contribution in [-0.4, -0.2) is 20.9 Å². The van der Waals surface area contributed by atoms with Crippen molar-refractivity contribution in [2.24, 2.45) is 0 Å². The predicted molar refractivity (Wildman–Crippen MR) is 120 cm³/mol. The Labute approximate surface area is 177 Å². The van der Waals surface area contributed by atoms with Gasteiger partial charge in [-0.25, -0.2) is 8.42 Å². The summed E-state index contributed by atoms with van der Waals surface area (Å²) in [6.45, 7) is 4.35. The van der Waals surface area contributed by atoms with Crippen molar-refractivity contribution >= 4 is 27.3 Å². The number of rotatable bonds is 4. The summed E-state index contributed by atoms with van der Waals surface area (Å²) in [6.07, 6.45) is 1.45. The van der Waals surface area contributed by atoms with Crippen LogP contribution in [0.2, 0.25) is 0 Å². The molecule has 5 nitrogen and oxygen atoms in total. The van der Waals surface area contributed by atoms with Crippen LogP contribution in [0, 0.1) is 13.8 Å². The van der Waals surface area contributed by atoms with E-state index in [4.69, 9.17) is 0 Å². The van der Waals surface area contributed by atoms with Gasteiger partial charge in [0.2, 0.25) is 0 Å². The smallest absolute Gasteiger partial charge is 0.264 e. The normalized spacial score (nSPS) is 13.6. The fourth-order valence-corrected chi connectivity index (χ4v) is 5.17. The molecule has 30 heavy (non-hydrogen) atoms. The molecule has 0 aliphatic carbocycles. The van der Waals surface area contributed by atoms with Crippen molar-refractivity contribution in [2.75, 3.05) is 16.2 Å². The Hall–Kier alpha value is -3.12. The predicted octanol–water partition coefficient (Wildman–Crippen LogP) is 4.70. The summed E-state index contributed by atoms with van der Waals surface area (Å²) in [6, 6.07) is 19.7. The molecule has 154 valence electrons. The highest BCUT2D eigenvalue weighted by atomic mass is 32.2. The molecule has 1 aliphatic rings. The fraction of sp³-hybridized carbons (Fsp3) is 0.208. The van der Waals surface area contributed by atoms with Crippen LogP contribution in [0.5, 0.6) is 0 Å². The molecular weight excluding hydrogens is 396 g/mol. The van der Waals surface area contributed by atoms with Crippen LogP contribution < -0.4 is 9.62 Å². The van der Waals surface area contributed by atoms with E-state index in [1.54, 1.807) is 42.5 Å². The van der Waals surface area contributed by atoms with Gasteiger partial charge in [-0.3, -0.25) is 9.10 Å². The summed E-state index contributed by atoms with van der Waals surface area (Å²) >= 11 is 0. The highest BCUT2D eigenvalue weighted by molar-refractivity contribution is 7.92. The molecule has 0 fully saturated rings. The highest BCUT2D eigenvalue weighted by Crippen LogP contribution is 2.33. The Morgan fingerprint density at radius 1 is 0.900 bits per heavy atom. The zero-order valence-electron chi connectivity index (χ0n) is 17.1. The molecule has 0 aromatic heterocycles. The van der Waals surface area contributed by atoms with Gasteiger partial charge in [0.05, 0.1) is 10.6 Å². The molecule has 0 atom stereocenters. The van der Waals surface area contributed by atoms with E-state index in [9.17, 15) is 13.2 Å². The van der Waals surface area contributed by atoms with Gasteiger partial charge in [-0.2, -0.15) is 0 Å². The molecule has 0 unspecified atom stereocenters. The number of nitrogens with zero attached hydrogens (tertiary/aromatic N) is 1. The van der Waals surface area contributed by atoms with Crippen LogP contribution in [0.15, 0.2) is 71.6 Å². The third-order valence-corrected chi connectivity index (χ3v) is 7.16. The molecule has 4 rings (SSSR count). The lowest BCUT2D eigenvalue weighted by molar-refractivity contribution is 0.102. The molecule has 0 saturated carbocycles. The van der Waals surface area contributed by atoms with E-state index in [0.717, 1.165) is 28.8 Å². The van der Waals surface area contributed by atoms with Crippen molar-refractivity contribution in [2.45, 2.75) is 31.6 Å². The van der Waals surface area contributed by atoms with E-state index in [1.807, 2.05) is 38.1 Å². The third-order valence-electron chi connectivity index (χ3n) is 5.34. The molecule has 0 radical (unpaired) electrons. The van der Waals surface area contributed by atoms with Gasteiger partial charge in [0.15, 0.2) is 0 Å². The Bertz CT molecular complexity index is 1180. The van der Waals surface area contributed by atoms with E-state index in [2.05, 4.69) is 5.32 Å². The first-order valence-electron chi connectivity index (χ1n) is 9.95. The quantitative estimate of drug-likeness (QED) is 0.665. The molecule has 0 saturated heterocycles. The first-order valence-corrected chi connectivity index (χ1v) is 11.4. The van der Waals surface area contributed by atoms with Gasteiger partial charge in [0.25, 0.3) is 15.9 Å². The monoisotopic (exact) mass is 420 g/mol. The fourth-order valence-electron chi connectivity index (χ4n) is 3.63. The van der Waals surface area contributed by atoms with Gasteiger partial charge in [-0.05, 0) is 74.7 Å². The molecular formula is C24H24N2O3S. The Balaban J connectivity index is 1.61. The number of hydrogen-bond donors (Lipinski definition) is 1. The van der Waals surface area contributed by atoms with Crippen molar-refractivity contribution in [1.82, 2.24) is 0 Å². The number of hydrogen-bond acceptors (Lipinski definition) is 3. The van der Waals surface area contributed by atoms with E-state index in [-0.39, 0.29) is 10.8 Å². The molecule has 3 aromatic carbocycles. The largest absolute Gasteiger partial charge is 0.322 e. The second-order valence-corrected chi connectivity index (χ2v) is 9.52. The average molecular weight is 421 g/mol. The van der Waals surface area contributed by atoms with Crippen LogP contribution in [0.3, 0.4) is 0 Å². The minimum absolute atomic E-state index is 0.208. The summed E-state index contributed by atoms with van der Waals surface area (Å²) in [7, 11) is -3.65. The van der Waals surface area contributed by atoms with Crippen LogP contribution in [0.25, 0.3) is 0 Å². The van der Waals surface area contributed by atoms with E-state index < -0.39 is 10.0 Å². The number of sulfonamides is 1. The van der Waals surface area contributed by atoms with Crippen LogP contribution >= 0.6 is 0 Å². The lowest BCUT2D eigenvalue weighted by atomic mass is 10.0. The molecule has 1 amide bonds. The minimum atomic E-state index is -3.65. The van der Waals surface area contributed by atoms with Crippen LogP contribution in [0.1, 0.15) is 33.5 Å². The number of fused-ring (bicyclic) bond motifs is 1. The SMILES string of the molecule is Cc1ccc(NC(=O)c2ccc3c(c2)CCCN3S(=O)(=O)c2ccc(C)cc2)cc1. The van der Waals surface area contributed by atoms with E-state index in [1.165, 1.54) is 4.31 Å². The van der Waals surface area contributed by atoms with Crippen molar-refractivity contribution in [3.8, 4) is 0 Å². The topological polar surface area (TPSA) is 66.5 Å². The van der Waals surface area contributed by atoms with Gasteiger partial charge >= 0.3 is 0 Å². The third kappa shape index (κ3) is 3.96.